The van der Waals surface area contributed by atoms with Crippen molar-refractivity contribution < 1.29 is 4.74 Å². The van der Waals surface area contributed by atoms with E-state index in [9.17, 15) is 0 Å². The molecule has 0 saturated heterocycles. The highest BCUT2D eigenvalue weighted by molar-refractivity contribution is 5.57. The monoisotopic (exact) mass is 269 g/mol. The third kappa shape index (κ3) is 3.32. The number of ether oxygens (including phenoxy) is 1. The first-order valence-corrected chi connectivity index (χ1v) is 7.17. The van der Waals surface area contributed by atoms with Crippen molar-refractivity contribution in [1.82, 2.24) is 0 Å². The van der Waals surface area contributed by atoms with Crippen LogP contribution in [0.3, 0.4) is 0 Å². The lowest BCUT2D eigenvalue weighted by Crippen LogP contribution is -2.09. The molecule has 106 valence electrons. The van der Waals surface area contributed by atoms with Crippen LogP contribution in [0.1, 0.15) is 36.6 Å². The normalized spacial score (nSPS) is 12.0. The number of anilines is 1. The zero-order valence-electron chi connectivity index (χ0n) is 12.7. The molecule has 2 aromatic carbocycles. The van der Waals surface area contributed by atoms with E-state index in [1.165, 1.54) is 16.7 Å². The Kier molecular flexibility index (Phi) is 4.67. The van der Waals surface area contributed by atoms with Gasteiger partial charge in [-0.25, -0.2) is 0 Å². The third-order valence-electron chi connectivity index (χ3n) is 3.46. The van der Waals surface area contributed by atoms with Gasteiger partial charge in [0.15, 0.2) is 0 Å². The minimum Gasteiger partial charge on any atom is -0.492 e. The van der Waals surface area contributed by atoms with Crippen molar-refractivity contribution in [2.24, 2.45) is 0 Å². The standard InChI is InChI=1S/C18H23NO/c1-5-20-18-9-7-6-8-17(18)19-15(4)16-12-13(2)10-11-14(16)3/h6-12,15,19H,5H2,1-4H3. The molecule has 1 N–H and O–H groups in total. The van der Waals surface area contributed by atoms with Crippen LogP contribution in [0.5, 0.6) is 5.75 Å². The summed E-state index contributed by atoms with van der Waals surface area (Å²) in [5.41, 5.74) is 4.97. The fourth-order valence-electron chi connectivity index (χ4n) is 2.40. The van der Waals surface area contributed by atoms with Crippen molar-refractivity contribution >= 4 is 5.69 Å². The minimum absolute atomic E-state index is 0.247. The summed E-state index contributed by atoms with van der Waals surface area (Å²) in [6, 6.07) is 14.9. The zero-order valence-corrected chi connectivity index (χ0v) is 12.7. The van der Waals surface area contributed by atoms with Gasteiger partial charge in [0.2, 0.25) is 0 Å². The maximum absolute atomic E-state index is 5.67. The number of hydrogen-bond acceptors (Lipinski definition) is 2. The zero-order chi connectivity index (χ0) is 14.5. The molecule has 0 aliphatic heterocycles. The van der Waals surface area contributed by atoms with E-state index in [0.717, 1.165) is 11.4 Å². The molecule has 0 aliphatic rings. The van der Waals surface area contributed by atoms with Gasteiger partial charge in [-0.2, -0.15) is 0 Å². The molecule has 2 nitrogen and oxygen atoms in total. The third-order valence-corrected chi connectivity index (χ3v) is 3.46. The van der Waals surface area contributed by atoms with Crippen LogP contribution in [-0.4, -0.2) is 6.61 Å². The molecule has 0 fully saturated rings. The van der Waals surface area contributed by atoms with Crippen molar-refractivity contribution in [3.63, 3.8) is 0 Å². The summed E-state index contributed by atoms with van der Waals surface area (Å²) in [5.74, 6) is 0.909. The summed E-state index contributed by atoms with van der Waals surface area (Å²) in [7, 11) is 0. The predicted octanol–water partition coefficient (Wildman–Crippen LogP) is 4.88. The Bertz CT molecular complexity index is 577. The second-order valence-electron chi connectivity index (χ2n) is 5.16. The summed E-state index contributed by atoms with van der Waals surface area (Å²) in [6.07, 6.45) is 0. The first kappa shape index (κ1) is 14.4. The van der Waals surface area contributed by atoms with Crippen molar-refractivity contribution in [2.75, 3.05) is 11.9 Å². The Morgan fingerprint density at radius 3 is 2.60 bits per heavy atom. The smallest absolute Gasteiger partial charge is 0.142 e. The molecule has 0 aliphatic carbocycles. The molecule has 2 heteroatoms. The molecular weight excluding hydrogens is 246 g/mol. The molecule has 2 rings (SSSR count). The maximum atomic E-state index is 5.67. The molecule has 0 radical (unpaired) electrons. The van der Waals surface area contributed by atoms with Crippen LogP contribution in [0.2, 0.25) is 0 Å². The van der Waals surface area contributed by atoms with E-state index in [-0.39, 0.29) is 6.04 Å². The van der Waals surface area contributed by atoms with Gasteiger partial charge in [-0.3, -0.25) is 0 Å². The van der Waals surface area contributed by atoms with Gasteiger partial charge < -0.3 is 10.1 Å². The van der Waals surface area contributed by atoms with E-state index in [2.05, 4.69) is 50.4 Å². The Labute approximate surface area is 121 Å². The fraction of sp³-hybridized carbons (Fsp3) is 0.333. The lowest BCUT2D eigenvalue weighted by molar-refractivity contribution is 0.341. The van der Waals surface area contributed by atoms with Gasteiger partial charge in [-0.15, -0.1) is 0 Å². The number of aryl methyl sites for hydroxylation is 2. The minimum atomic E-state index is 0.247. The van der Waals surface area contributed by atoms with Crippen molar-refractivity contribution in [2.45, 2.75) is 33.7 Å². The quantitative estimate of drug-likeness (QED) is 0.835. The Balaban J connectivity index is 2.23. The largest absolute Gasteiger partial charge is 0.492 e. The average Bonchev–Trinajstić information content (AvgIpc) is 2.44. The van der Waals surface area contributed by atoms with Gasteiger partial charge in [0, 0.05) is 6.04 Å². The summed E-state index contributed by atoms with van der Waals surface area (Å²) in [5, 5.41) is 3.55. The van der Waals surface area contributed by atoms with Crippen LogP contribution in [0.15, 0.2) is 42.5 Å². The van der Waals surface area contributed by atoms with Gasteiger partial charge in [0.1, 0.15) is 5.75 Å². The second-order valence-corrected chi connectivity index (χ2v) is 5.16. The lowest BCUT2D eigenvalue weighted by Gasteiger charge is -2.20. The van der Waals surface area contributed by atoms with E-state index >= 15 is 0 Å². The van der Waals surface area contributed by atoms with E-state index < -0.39 is 0 Å². The number of nitrogens with one attached hydrogen (secondary N) is 1. The maximum Gasteiger partial charge on any atom is 0.142 e. The molecule has 0 saturated carbocycles. The highest BCUT2D eigenvalue weighted by atomic mass is 16.5. The molecular formula is C18H23NO. The average molecular weight is 269 g/mol. The number of hydrogen-bond donors (Lipinski definition) is 1. The predicted molar refractivity (Wildman–Crippen MR) is 85.6 cm³/mol. The van der Waals surface area contributed by atoms with Crippen LogP contribution in [0.4, 0.5) is 5.69 Å². The van der Waals surface area contributed by atoms with E-state index in [4.69, 9.17) is 4.74 Å². The van der Waals surface area contributed by atoms with Crippen molar-refractivity contribution in [3.05, 3.63) is 59.2 Å². The first-order chi connectivity index (χ1) is 9.61. The van der Waals surface area contributed by atoms with Gasteiger partial charge in [0.05, 0.1) is 12.3 Å². The van der Waals surface area contributed by atoms with Crippen LogP contribution in [-0.2, 0) is 0 Å². The molecule has 0 aromatic heterocycles. The fourth-order valence-corrected chi connectivity index (χ4v) is 2.40. The molecule has 0 heterocycles. The highest BCUT2D eigenvalue weighted by Gasteiger charge is 2.11. The number of para-hydroxylation sites is 2. The van der Waals surface area contributed by atoms with Crippen molar-refractivity contribution in [1.29, 1.82) is 0 Å². The van der Waals surface area contributed by atoms with Crippen molar-refractivity contribution in [3.8, 4) is 5.75 Å². The van der Waals surface area contributed by atoms with Gasteiger partial charge in [-0.05, 0) is 51.0 Å². The summed E-state index contributed by atoms with van der Waals surface area (Å²) in [6.45, 7) is 9.15. The molecule has 0 bridgehead atoms. The van der Waals surface area contributed by atoms with E-state index in [1.54, 1.807) is 0 Å². The highest BCUT2D eigenvalue weighted by Crippen LogP contribution is 2.29. The van der Waals surface area contributed by atoms with Gasteiger partial charge >= 0.3 is 0 Å². The molecule has 0 spiro atoms. The van der Waals surface area contributed by atoms with E-state index in [0.29, 0.717) is 6.61 Å². The Morgan fingerprint density at radius 1 is 1.10 bits per heavy atom. The summed E-state index contributed by atoms with van der Waals surface area (Å²) < 4.78 is 5.67. The molecule has 2 aromatic rings. The van der Waals surface area contributed by atoms with Gasteiger partial charge in [0.25, 0.3) is 0 Å². The Morgan fingerprint density at radius 2 is 1.85 bits per heavy atom. The van der Waals surface area contributed by atoms with Crippen LogP contribution in [0.25, 0.3) is 0 Å². The van der Waals surface area contributed by atoms with Crippen LogP contribution >= 0.6 is 0 Å². The topological polar surface area (TPSA) is 21.3 Å². The van der Waals surface area contributed by atoms with E-state index in [1.807, 2.05) is 25.1 Å². The molecule has 1 unspecified atom stereocenters. The Hall–Kier alpha value is -1.96. The summed E-state index contributed by atoms with van der Waals surface area (Å²) in [4.78, 5) is 0. The molecule has 20 heavy (non-hydrogen) atoms. The number of benzene rings is 2. The lowest BCUT2D eigenvalue weighted by atomic mass is 10.00. The first-order valence-electron chi connectivity index (χ1n) is 7.17. The number of rotatable bonds is 5. The second kappa shape index (κ2) is 6.47. The van der Waals surface area contributed by atoms with Crippen LogP contribution in [0, 0.1) is 13.8 Å². The SMILES string of the molecule is CCOc1ccccc1NC(C)c1cc(C)ccc1C. The molecule has 1 atom stereocenters. The van der Waals surface area contributed by atoms with Crippen LogP contribution < -0.4 is 10.1 Å². The summed E-state index contributed by atoms with van der Waals surface area (Å²) >= 11 is 0. The van der Waals surface area contributed by atoms with Gasteiger partial charge in [-0.1, -0.05) is 35.9 Å². The molecule has 0 amide bonds.